The summed E-state index contributed by atoms with van der Waals surface area (Å²) in [6.45, 7) is -1.50. The Hall–Kier alpha value is -3.47. The number of tetrazole rings is 1. The maximum atomic E-state index is 12.2. The van der Waals surface area contributed by atoms with Crippen LogP contribution in [0.5, 0.6) is 0 Å². The van der Waals surface area contributed by atoms with E-state index in [-0.39, 0.29) is 12.3 Å². The van der Waals surface area contributed by atoms with Gasteiger partial charge in [0, 0.05) is 10.7 Å². The molecule has 0 spiro atoms. The lowest BCUT2D eigenvalue weighted by Gasteiger charge is -2.07. The van der Waals surface area contributed by atoms with Crippen molar-refractivity contribution in [3.05, 3.63) is 64.9 Å². The van der Waals surface area contributed by atoms with Gasteiger partial charge in [-0.2, -0.15) is 13.2 Å². The van der Waals surface area contributed by atoms with Gasteiger partial charge < -0.3 is 10.6 Å². The van der Waals surface area contributed by atoms with Crippen molar-refractivity contribution < 1.29 is 22.8 Å². The van der Waals surface area contributed by atoms with Crippen LogP contribution in [-0.2, 0) is 11.2 Å². The zero-order valence-electron chi connectivity index (χ0n) is 15.2. The van der Waals surface area contributed by atoms with Crippen molar-refractivity contribution in [2.45, 2.75) is 12.6 Å². The molecule has 8 nitrogen and oxygen atoms in total. The molecule has 12 heteroatoms. The third-order valence-electron chi connectivity index (χ3n) is 3.76. The summed E-state index contributed by atoms with van der Waals surface area (Å²) in [5.41, 5.74) is 1.58. The van der Waals surface area contributed by atoms with Gasteiger partial charge in [-0.3, -0.25) is 9.59 Å². The van der Waals surface area contributed by atoms with Crippen molar-refractivity contribution in [1.82, 2.24) is 25.5 Å². The second-order valence-corrected chi connectivity index (χ2v) is 6.47. The average molecular weight is 439 g/mol. The predicted octanol–water partition coefficient (Wildman–Crippen LogP) is 2.79. The summed E-state index contributed by atoms with van der Waals surface area (Å²) in [7, 11) is 0. The highest BCUT2D eigenvalue weighted by Crippen LogP contribution is 2.17. The van der Waals surface area contributed by atoms with Crippen LogP contribution in [0.4, 0.5) is 18.9 Å². The molecule has 3 rings (SSSR count). The van der Waals surface area contributed by atoms with E-state index in [1.807, 2.05) is 0 Å². The number of carbonyl (C=O) groups is 2. The fourth-order valence-electron chi connectivity index (χ4n) is 2.37. The minimum absolute atomic E-state index is 0.0997. The molecule has 2 aromatic carbocycles. The van der Waals surface area contributed by atoms with Gasteiger partial charge in [-0.15, -0.1) is 15.0 Å². The topological polar surface area (TPSA) is 102 Å². The second-order valence-electron chi connectivity index (χ2n) is 6.06. The van der Waals surface area contributed by atoms with E-state index >= 15 is 0 Å². The molecule has 1 aromatic heterocycles. The van der Waals surface area contributed by atoms with Crippen molar-refractivity contribution in [3.8, 4) is 5.69 Å². The lowest BCUT2D eigenvalue weighted by molar-refractivity contribution is -0.123. The third-order valence-corrected chi connectivity index (χ3v) is 4.13. The standard InChI is InChI=1S/C18H14ClF3N6O2/c19-14-4-2-1-3-11(14)9-15(29)24-12-5-7-13(8-6-12)28-26-16(25-27-28)17(30)23-10-18(20,21)22/h1-8H,9-10H2,(H,23,30)(H,24,29). The summed E-state index contributed by atoms with van der Waals surface area (Å²) in [6, 6.07) is 13.2. The number of hydrogen-bond acceptors (Lipinski definition) is 5. The Labute approximate surface area is 173 Å². The molecule has 0 aliphatic rings. The molecule has 2 N–H and O–H groups in total. The van der Waals surface area contributed by atoms with E-state index < -0.39 is 24.5 Å². The number of amides is 2. The molecule has 0 radical (unpaired) electrons. The van der Waals surface area contributed by atoms with Gasteiger partial charge in [0.15, 0.2) is 0 Å². The zero-order valence-corrected chi connectivity index (χ0v) is 15.9. The Morgan fingerprint density at radius 1 is 1.07 bits per heavy atom. The SMILES string of the molecule is O=C(Cc1ccccc1Cl)Nc1ccc(-n2nnc(C(=O)NCC(F)(F)F)n2)cc1. The number of halogens is 4. The smallest absolute Gasteiger partial charge is 0.340 e. The molecule has 0 fully saturated rings. The van der Waals surface area contributed by atoms with Gasteiger partial charge in [0.05, 0.1) is 12.1 Å². The van der Waals surface area contributed by atoms with Crippen LogP contribution in [0.2, 0.25) is 5.02 Å². The first-order valence-electron chi connectivity index (χ1n) is 8.50. The fraction of sp³-hybridized carbons (Fsp3) is 0.167. The average Bonchev–Trinajstić information content (AvgIpc) is 3.18. The summed E-state index contributed by atoms with van der Waals surface area (Å²) >= 11 is 6.04. The van der Waals surface area contributed by atoms with Gasteiger partial charge in [0.1, 0.15) is 6.54 Å². The van der Waals surface area contributed by atoms with E-state index in [1.54, 1.807) is 53.8 Å². The molecule has 2 amide bonds. The number of alkyl halides is 3. The van der Waals surface area contributed by atoms with Gasteiger partial charge in [-0.05, 0) is 41.1 Å². The summed E-state index contributed by atoms with van der Waals surface area (Å²) in [5, 5.41) is 15.7. The molecule has 0 saturated carbocycles. The van der Waals surface area contributed by atoms with Crippen LogP contribution in [-0.4, -0.2) is 44.7 Å². The summed E-state index contributed by atoms with van der Waals surface area (Å²) in [5.74, 6) is -1.86. The summed E-state index contributed by atoms with van der Waals surface area (Å²) in [6.07, 6.45) is -4.44. The molecule has 0 atom stereocenters. The van der Waals surface area contributed by atoms with Crippen LogP contribution in [0.15, 0.2) is 48.5 Å². The largest absolute Gasteiger partial charge is 0.405 e. The molecule has 0 aliphatic heterocycles. The number of anilines is 1. The summed E-state index contributed by atoms with van der Waals surface area (Å²) in [4.78, 5) is 24.8. The molecule has 1 heterocycles. The number of carbonyl (C=O) groups excluding carboxylic acids is 2. The van der Waals surface area contributed by atoms with E-state index in [1.165, 1.54) is 0 Å². The van der Waals surface area contributed by atoms with Crippen molar-refractivity contribution in [2.24, 2.45) is 0 Å². The molecule has 0 saturated heterocycles. The highest BCUT2D eigenvalue weighted by atomic mass is 35.5. The van der Waals surface area contributed by atoms with Crippen LogP contribution in [0, 0.1) is 0 Å². The number of hydrogen-bond donors (Lipinski definition) is 2. The Morgan fingerprint density at radius 3 is 2.43 bits per heavy atom. The van der Waals surface area contributed by atoms with Gasteiger partial charge in [0.2, 0.25) is 5.91 Å². The third kappa shape index (κ3) is 5.77. The van der Waals surface area contributed by atoms with E-state index in [2.05, 4.69) is 20.7 Å². The fourth-order valence-corrected chi connectivity index (χ4v) is 2.57. The van der Waals surface area contributed by atoms with Gasteiger partial charge in [0.25, 0.3) is 11.7 Å². The minimum Gasteiger partial charge on any atom is -0.340 e. The van der Waals surface area contributed by atoms with Crippen molar-refractivity contribution in [1.29, 1.82) is 0 Å². The first-order chi connectivity index (χ1) is 14.2. The van der Waals surface area contributed by atoms with Gasteiger partial charge >= 0.3 is 6.18 Å². The van der Waals surface area contributed by atoms with E-state index in [9.17, 15) is 22.8 Å². The summed E-state index contributed by atoms with van der Waals surface area (Å²) < 4.78 is 36.5. The monoisotopic (exact) mass is 438 g/mol. The Bertz CT molecular complexity index is 1050. The van der Waals surface area contributed by atoms with Crippen LogP contribution in [0.1, 0.15) is 16.2 Å². The van der Waals surface area contributed by atoms with Gasteiger partial charge in [-0.1, -0.05) is 29.8 Å². The first-order valence-corrected chi connectivity index (χ1v) is 8.88. The molecule has 0 aliphatic carbocycles. The van der Waals surface area contributed by atoms with Crippen molar-refractivity contribution >= 4 is 29.1 Å². The first kappa shape index (κ1) is 21.2. The van der Waals surface area contributed by atoms with Crippen LogP contribution >= 0.6 is 11.6 Å². The Morgan fingerprint density at radius 2 is 1.77 bits per heavy atom. The van der Waals surface area contributed by atoms with Crippen molar-refractivity contribution in [2.75, 3.05) is 11.9 Å². The quantitative estimate of drug-likeness (QED) is 0.616. The highest BCUT2D eigenvalue weighted by molar-refractivity contribution is 6.31. The molecule has 0 unspecified atom stereocenters. The highest BCUT2D eigenvalue weighted by Gasteiger charge is 2.28. The van der Waals surface area contributed by atoms with Crippen molar-refractivity contribution in [3.63, 3.8) is 0 Å². The number of benzene rings is 2. The number of nitrogens with zero attached hydrogens (tertiary/aromatic N) is 4. The second kappa shape index (κ2) is 8.91. The zero-order chi connectivity index (χ0) is 21.7. The molecule has 30 heavy (non-hydrogen) atoms. The molecular formula is C18H14ClF3N6O2. The van der Waals surface area contributed by atoms with Crippen LogP contribution in [0.25, 0.3) is 5.69 Å². The number of aromatic nitrogens is 4. The maximum absolute atomic E-state index is 12.2. The van der Waals surface area contributed by atoms with E-state index in [4.69, 9.17) is 11.6 Å². The predicted molar refractivity (Wildman–Crippen MR) is 101 cm³/mol. The molecule has 0 bridgehead atoms. The molecular weight excluding hydrogens is 425 g/mol. The van der Waals surface area contributed by atoms with E-state index in [0.717, 1.165) is 4.80 Å². The molecule has 156 valence electrons. The normalized spacial score (nSPS) is 11.2. The van der Waals surface area contributed by atoms with Crippen LogP contribution in [0.3, 0.4) is 0 Å². The maximum Gasteiger partial charge on any atom is 0.405 e. The Kier molecular flexibility index (Phi) is 6.31. The lowest BCUT2D eigenvalue weighted by atomic mass is 10.1. The molecule has 3 aromatic rings. The Balaban J connectivity index is 1.60. The lowest BCUT2D eigenvalue weighted by Crippen LogP contribution is -2.34. The number of rotatable bonds is 6. The van der Waals surface area contributed by atoms with E-state index in [0.29, 0.717) is 22.0 Å². The van der Waals surface area contributed by atoms with Crippen LogP contribution < -0.4 is 10.6 Å². The van der Waals surface area contributed by atoms with Gasteiger partial charge in [-0.25, -0.2) is 0 Å². The minimum atomic E-state index is -4.54. The number of nitrogens with one attached hydrogen (secondary N) is 2.